The number of ketones is 1. The molecule has 3 aromatic carbocycles. The molecule has 0 aliphatic heterocycles. The van der Waals surface area contributed by atoms with E-state index in [1.54, 1.807) is 61.5 Å². The van der Waals surface area contributed by atoms with Crippen molar-refractivity contribution in [2.24, 2.45) is 0 Å². The lowest BCUT2D eigenvalue weighted by Crippen LogP contribution is -2.06. The highest BCUT2D eigenvalue weighted by Crippen LogP contribution is 2.45. The number of hydrogen-bond donors (Lipinski definition) is 2. The van der Waals surface area contributed by atoms with Crippen LogP contribution in [0.15, 0.2) is 88.1 Å². The molecule has 2 N–H and O–H groups in total. The van der Waals surface area contributed by atoms with E-state index in [2.05, 4.69) is 4.98 Å². The van der Waals surface area contributed by atoms with Crippen LogP contribution in [-0.4, -0.2) is 34.0 Å². The van der Waals surface area contributed by atoms with E-state index in [0.29, 0.717) is 21.7 Å². The molecule has 2 heterocycles. The van der Waals surface area contributed by atoms with Crippen molar-refractivity contribution in [1.29, 1.82) is 0 Å². The summed E-state index contributed by atoms with van der Waals surface area (Å²) in [5.41, 5.74) is 2.41. The van der Waals surface area contributed by atoms with Crippen LogP contribution in [0.4, 0.5) is 0 Å². The highest BCUT2D eigenvalue weighted by Gasteiger charge is 2.32. The molecule has 0 bridgehead atoms. The third-order valence-corrected chi connectivity index (χ3v) is 9.50. The van der Waals surface area contributed by atoms with Gasteiger partial charge in [-0.3, -0.25) is 9.36 Å². The molecular formula is C28H21ClN2O5S2. The van der Waals surface area contributed by atoms with Crippen LogP contribution in [0.2, 0.25) is 5.02 Å². The number of aromatic nitrogens is 2. The Kier molecular flexibility index (Phi) is 6.60. The van der Waals surface area contributed by atoms with Crippen LogP contribution in [0, 0.1) is 13.8 Å². The standard InChI is InChI=1S/C28H21ClN2O5S2/c1-16-11-12-21(17(2)13-16)25(32)23-24(18-7-6-8-19(29)14-18)31(27(34)26(23)33)28-30-15-22(37-28)38(35,36)20-9-4-3-5-10-20/h3-15,33-34H,1-2H3. The first-order chi connectivity index (χ1) is 18.1. The number of rotatable bonds is 6. The van der Waals surface area contributed by atoms with Crippen molar-refractivity contribution < 1.29 is 23.4 Å². The van der Waals surface area contributed by atoms with Crippen LogP contribution >= 0.6 is 22.9 Å². The minimum absolute atomic E-state index is 0.0435. The fourth-order valence-electron chi connectivity index (χ4n) is 4.26. The largest absolute Gasteiger partial charge is 0.503 e. The number of carbonyl (C=O) groups is 1. The summed E-state index contributed by atoms with van der Waals surface area (Å²) in [6, 6.07) is 19.8. The van der Waals surface area contributed by atoms with Gasteiger partial charge in [0.05, 0.1) is 22.3 Å². The van der Waals surface area contributed by atoms with E-state index in [4.69, 9.17) is 11.6 Å². The Hall–Kier alpha value is -3.92. The van der Waals surface area contributed by atoms with Crippen molar-refractivity contribution in [2.45, 2.75) is 23.0 Å². The number of thiazole rings is 1. The summed E-state index contributed by atoms with van der Waals surface area (Å²) < 4.78 is 27.5. The van der Waals surface area contributed by atoms with Gasteiger partial charge < -0.3 is 10.2 Å². The summed E-state index contributed by atoms with van der Waals surface area (Å²) >= 11 is 7.05. The molecule has 0 spiro atoms. The van der Waals surface area contributed by atoms with Gasteiger partial charge in [0.15, 0.2) is 16.7 Å². The van der Waals surface area contributed by atoms with Crippen molar-refractivity contribution in [3.8, 4) is 28.0 Å². The molecule has 10 heteroatoms. The van der Waals surface area contributed by atoms with E-state index in [1.165, 1.54) is 22.9 Å². The molecule has 192 valence electrons. The third-order valence-electron chi connectivity index (χ3n) is 6.05. The topological polar surface area (TPSA) is 109 Å². The Morgan fingerprint density at radius 3 is 2.39 bits per heavy atom. The monoisotopic (exact) mass is 564 g/mol. The maximum atomic E-state index is 13.8. The van der Waals surface area contributed by atoms with E-state index < -0.39 is 27.2 Å². The summed E-state index contributed by atoms with van der Waals surface area (Å²) in [6.07, 6.45) is 1.19. The van der Waals surface area contributed by atoms with E-state index in [-0.39, 0.29) is 25.5 Å². The molecule has 0 saturated carbocycles. The van der Waals surface area contributed by atoms with E-state index in [0.717, 1.165) is 16.9 Å². The molecule has 2 aromatic heterocycles. The van der Waals surface area contributed by atoms with Gasteiger partial charge in [0, 0.05) is 16.1 Å². The quantitative estimate of drug-likeness (QED) is 0.233. The van der Waals surface area contributed by atoms with Gasteiger partial charge in [0.1, 0.15) is 4.21 Å². The highest BCUT2D eigenvalue weighted by atomic mass is 35.5. The van der Waals surface area contributed by atoms with Gasteiger partial charge in [-0.2, -0.15) is 0 Å². The van der Waals surface area contributed by atoms with Gasteiger partial charge in [-0.25, -0.2) is 13.4 Å². The molecule has 5 aromatic rings. The Bertz CT molecular complexity index is 1810. The SMILES string of the molecule is Cc1ccc(C(=O)c2c(O)c(O)n(-c3ncc(S(=O)(=O)c4ccccc4)s3)c2-c2cccc(Cl)c2)c(C)c1. The second kappa shape index (κ2) is 9.75. The zero-order valence-corrected chi connectivity index (χ0v) is 22.6. The highest BCUT2D eigenvalue weighted by molar-refractivity contribution is 7.93. The number of benzene rings is 3. The maximum absolute atomic E-state index is 13.8. The van der Waals surface area contributed by atoms with Crippen LogP contribution in [0.3, 0.4) is 0 Å². The second-order valence-corrected chi connectivity index (χ2v) is 12.3. The van der Waals surface area contributed by atoms with Gasteiger partial charge >= 0.3 is 0 Å². The van der Waals surface area contributed by atoms with Gasteiger partial charge in [0.25, 0.3) is 0 Å². The minimum Gasteiger partial charge on any atom is -0.503 e. The molecular weight excluding hydrogens is 544 g/mol. The third kappa shape index (κ3) is 4.38. The molecule has 0 fully saturated rings. The maximum Gasteiger partial charge on any atom is 0.242 e. The van der Waals surface area contributed by atoms with Crippen LogP contribution in [-0.2, 0) is 9.84 Å². The summed E-state index contributed by atoms with van der Waals surface area (Å²) in [6.45, 7) is 3.69. The van der Waals surface area contributed by atoms with E-state index >= 15 is 0 Å². The van der Waals surface area contributed by atoms with Crippen LogP contribution in [0.1, 0.15) is 27.0 Å². The summed E-state index contributed by atoms with van der Waals surface area (Å²) in [5, 5.41) is 22.5. The number of aryl methyl sites for hydroxylation is 2. The number of aromatic hydroxyl groups is 2. The molecule has 0 atom stereocenters. The van der Waals surface area contributed by atoms with Crippen molar-refractivity contribution in [1.82, 2.24) is 9.55 Å². The zero-order chi connectivity index (χ0) is 27.2. The number of carbonyl (C=O) groups excluding carboxylic acids is 1. The molecule has 0 unspecified atom stereocenters. The number of sulfone groups is 1. The summed E-state index contributed by atoms with van der Waals surface area (Å²) in [7, 11) is -3.89. The van der Waals surface area contributed by atoms with Gasteiger partial charge in [-0.1, -0.05) is 77.0 Å². The molecule has 38 heavy (non-hydrogen) atoms. The molecule has 0 amide bonds. The first kappa shape index (κ1) is 25.7. The van der Waals surface area contributed by atoms with Gasteiger partial charge in [0.2, 0.25) is 15.7 Å². The molecule has 0 aliphatic carbocycles. The lowest BCUT2D eigenvalue weighted by atomic mass is 9.95. The van der Waals surface area contributed by atoms with Crippen molar-refractivity contribution in [3.05, 3.63) is 106 Å². The number of nitrogens with zero attached hydrogens (tertiary/aromatic N) is 2. The zero-order valence-electron chi connectivity index (χ0n) is 20.2. The van der Waals surface area contributed by atoms with E-state index in [1.807, 2.05) is 13.0 Å². The van der Waals surface area contributed by atoms with E-state index in [9.17, 15) is 23.4 Å². The average molecular weight is 565 g/mol. The minimum atomic E-state index is -3.89. The van der Waals surface area contributed by atoms with Gasteiger partial charge in [-0.05, 0) is 43.7 Å². The number of hydrogen-bond acceptors (Lipinski definition) is 7. The normalized spacial score (nSPS) is 11.6. The lowest BCUT2D eigenvalue weighted by molar-refractivity contribution is 0.103. The Morgan fingerprint density at radius 2 is 1.71 bits per heavy atom. The predicted octanol–water partition coefficient (Wildman–Crippen LogP) is 6.35. The van der Waals surface area contributed by atoms with Crippen LogP contribution in [0.25, 0.3) is 16.4 Å². The van der Waals surface area contributed by atoms with Crippen molar-refractivity contribution >= 4 is 38.6 Å². The molecule has 0 saturated heterocycles. The average Bonchev–Trinajstić information content (AvgIpc) is 3.48. The first-order valence-electron chi connectivity index (χ1n) is 11.4. The van der Waals surface area contributed by atoms with Crippen LogP contribution in [0.5, 0.6) is 11.6 Å². The molecule has 5 rings (SSSR count). The van der Waals surface area contributed by atoms with Gasteiger partial charge in [-0.15, -0.1) is 0 Å². The Morgan fingerprint density at radius 1 is 0.974 bits per heavy atom. The van der Waals surface area contributed by atoms with Crippen molar-refractivity contribution in [3.63, 3.8) is 0 Å². The van der Waals surface area contributed by atoms with Crippen LogP contribution < -0.4 is 0 Å². The predicted molar refractivity (Wildman–Crippen MR) is 146 cm³/mol. The first-order valence-corrected chi connectivity index (χ1v) is 14.1. The second-order valence-electron chi connectivity index (χ2n) is 8.67. The molecule has 7 nitrogen and oxygen atoms in total. The Labute approximate surface area is 228 Å². The van der Waals surface area contributed by atoms with Crippen molar-refractivity contribution in [2.75, 3.05) is 0 Å². The Balaban J connectivity index is 1.75. The summed E-state index contributed by atoms with van der Waals surface area (Å²) in [5.74, 6) is -1.81. The fraction of sp³-hybridized carbons (Fsp3) is 0.0714. The fourth-order valence-corrected chi connectivity index (χ4v) is 7.00. The lowest BCUT2D eigenvalue weighted by Gasteiger charge is -2.11. The molecule has 0 aliphatic rings. The molecule has 0 radical (unpaired) electrons. The number of halogens is 1. The summed E-state index contributed by atoms with van der Waals surface area (Å²) in [4.78, 5) is 18.1. The smallest absolute Gasteiger partial charge is 0.242 e.